The first kappa shape index (κ1) is 30.6. The summed E-state index contributed by atoms with van der Waals surface area (Å²) in [6.07, 6.45) is 9.15. The van der Waals surface area contributed by atoms with E-state index in [0.29, 0.717) is 42.2 Å². The molecule has 4 heterocycles. The molecule has 0 saturated heterocycles. The summed E-state index contributed by atoms with van der Waals surface area (Å²) in [6, 6.07) is 8.89. The van der Waals surface area contributed by atoms with Gasteiger partial charge in [0.15, 0.2) is 0 Å². The predicted octanol–water partition coefficient (Wildman–Crippen LogP) is 5.56. The van der Waals surface area contributed by atoms with Crippen LogP contribution in [-0.4, -0.2) is 38.0 Å². The monoisotopic (exact) mass is 622 g/mol. The van der Waals surface area contributed by atoms with Crippen LogP contribution in [-0.2, 0) is 16.6 Å². The Morgan fingerprint density at radius 3 is 2.72 bits per heavy atom. The zero-order valence-electron chi connectivity index (χ0n) is 24.4. The van der Waals surface area contributed by atoms with E-state index in [1.807, 2.05) is 24.1 Å². The van der Waals surface area contributed by atoms with E-state index in [1.165, 1.54) is 11.2 Å². The van der Waals surface area contributed by atoms with Crippen LogP contribution >= 0.6 is 23.2 Å². The Labute approximate surface area is 261 Å². The molecule has 5 rings (SSSR count). The van der Waals surface area contributed by atoms with Crippen LogP contribution in [0.5, 0.6) is 0 Å². The van der Waals surface area contributed by atoms with Crippen LogP contribution in [0.15, 0.2) is 60.2 Å². The second-order valence-corrected chi connectivity index (χ2v) is 12.2. The van der Waals surface area contributed by atoms with Crippen molar-refractivity contribution in [2.75, 3.05) is 16.9 Å². The number of aryl methyl sites for hydroxylation is 1. The number of pyridine rings is 1. The number of nitrogens with two attached hydrogens (primary N) is 2. The molecule has 43 heavy (non-hydrogen) atoms. The van der Waals surface area contributed by atoms with E-state index < -0.39 is 0 Å². The van der Waals surface area contributed by atoms with Crippen molar-refractivity contribution in [1.82, 2.24) is 19.7 Å². The van der Waals surface area contributed by atoms with Crippen LogP contribution in [0.3, 0.4) is 0 Å². The molecule has 226 valence electrons. The fourth-order valence-electron chi connectivity index (χ4n) is 6.01. The summed E-state index contributed by atoms with van der Waals surface area (Å²) < 4.78 is 1.75. The highest BCUT2D eigenvalue weighted by molar-refractivity contribution is 6.31. The van der Waals surface area contributed by atoms with E-state index in [0.717, 1.165) is 34.5 Å². The molecular formula is C31H36Cl2N8O2. The lowest BCUT2D eigenvalue weighted by molar-refractivity contribution is -0.129. The number of nitrogens with one attached hydrogen (secondary N) is 1. The Bertz CT molecular complexity index is 1590. The van der Waals surface area contributed by atoms with Gasteiger partial charge in [-0.05, 0) is 61.1 Å². The number of halogens is 2. The van der Waals surface area contributed by atoms with Crippen molar-refractivity contribution in [2.45, 2.75) is 45.6 Å². The first-order valence-electron chi connectivity index (χ1n) is 14.3. The molecule has 12 heteroatoms. The van der Waals surface area contributed by atoms with Gasteiger partial charge in [0.1, 0.15) is 5.16 Å². The maximum atomic E-state index is 13.8. The van der Waals surface area contributed by atoms with Crippen molar-refractivity contribution in [3.05, 3.63) is 76.4 Å². The second-order valence-electron chi connectivity index (χ2n) is 11.3. The van der Waals surface area contributed by atoms with Crippen LogP contribution in [0.1, 0.15) is 56.8 Å². The molecule has 2 bridgehead atoms. The quantitative estimate of drug-likeness (QED) is 0.192. The van der Waals surface area contributed by atoms with Crippen LogP contribution in [0.25, 0.3) is 16.8 Å². The van der Waals surface area contributed by atoms with E-state index in [4.69, 9.17) is 39.8 Å². The molecule has 1 aromatic carbocycles. The van der Waals surface area contributed by atoms with Gasteiger partial charge in [-0.15, -0.1) is 0 Å². The van der Waals surface area contributed by atoms with Gasteiger partial charge >= 0.3 is 0 Å². The molecule has 3 aromatic rings. The standard InChI is InChI=1S/C31H36Cl2N8O2/c1-18(2)22-5-4-6-27(24-13-20(9-11-36-24)30-25(38-31(22)43)16-37-39(30)3)40-12-10-19(14-29(40)42)23-15-21(32)7-8-26(23)41(35)17-28(33)34/h7-9,11,13-18,22,27H,4-6,10,12,34-35H2,1-3H3,(H,38,43)/b28-17-. The van der Waals surface area contributed by atoms with Crippen LogP contribution in [0.2, 0.25) is 5.02 Å². The smallest absolute Gasteiger partial charge is 0.247 e. The van der Waals surface area contributed by atoms with Crippen molar-refractivity contribution in [1.29, 1.82) is 0 Å². The van der Waals surface area contributed by atoms with E-state index in [2.05, 4.69) is 24.3 Å². The van der Waals surface area contributed by atoms with Crippen LogP contribution < -0.4 is 21.9 Å². The SMILES string of the molecule is CC(C)C1CCCC(N2CCC(c3cc(Cl)ccc3N(N)/C=C(\N)Cl)=CC2=O)c2cc(ccn2)-c2c(cnn2C)NC1=O. The summed E-state index contributed by atoms with van der Waals surface area (Å²) in [5, 5.41) is 9.39. The number of carbonyl (C=O) groups excluding carboxylic acids is 2. The van der Waals surface area contributed by atoms with Gasteiger partial charge in [-0.25, -0.2) is 5.84 Å². The summed E-state index contributed by atoms with van der Waals surface area (Å²) in [7, 11) is 1.85. The average molecular weight is 624 g/mol. The van der Waals surface area contributed by atoms with Crippen LogP contribution in [0.4, 0.5) is 11.4 Å². The molecule has 2 atom stereocenters. The normalized spacial score (nSPS) is 19.7. The Hall–Kier alpha value is -3.86. The summed E-state index contributed by atoms with van der Waals surface area (Å²) in [5.74, 6) is 6.03. The van der Waals surface area contributed by atoms with E-state index in [9.17, 15) is 9.59 Å². The van der Waals surface area contributed by atoms with Gasteiger partial charge in [-0.1, -0.05) is 43.5 Å². The van der Waals surface area contributed by atoms with Gasteiger partial charge in [0.25, 0.3) is 0 Å². The number of aromatic nitrogens is 3. The molecule has 2 aliphatic rings. The minimum absolute atomic E-state index is 0.0191. The summed E-state index contributed by atoms with van der Waals surface area (Å²) in [6.45, 7) is 4.59. The average Bonchev–Trinajstić information content (AvgIpc) is 3.31. The fraction of sp³-hybridized carbons (Fsp3) is 0.355. The lowest BCUT2D eigenvalue weighted by Gasteiger charge is -2.35. The minimum atomic E-state index is -0.277. The number of hydrazine groups is 1. The fourth-order valence-corrected chi connectivity index (χ4v) is 6.28. The number of nitrogens with zero attached hydrogens (tertiary/aromatic N) is 5. The molecule has 2 unspecified atom stereocenters. The maximum absolute atomic E-state index is 13.8. The third-order valence-electron chi connectivity index (χ3n) is 8.15. The lowest BCUT2D eigenvalue weighted by atomic mass is 9.87. The molecule has 2 aromatic heterocycles. The predicted molar refractivity (Wildman–Crippen MR) is 171 cm³/mol. The van der Waals surface area contributed by atoms with Gasteiger partial charge in [0, 0.05) is 47.9 Å². The number of benzene rings is 1. The maximum Gasteiger partial charge on any atom is 0.247 e. The highest BCUT2D eigenvalue weighted by Crippen LogP contribution is 2.38. The molecule has 2 amide bonds. The lowest BCUT2D eigenvalue weighted by Crippen LogP contribution is -2.38. The largest absolute Gasteiger partial charge is 0.388 e. The number of fused-ring (bicyclic) bond motifs is 4. The number of rotatable bonds is 5. The first-order chi connectivity index (χ1) is 20.5. The van der Waals surface area contributed by atoms with Crippen molar-refractivity contribution in [3.63, 3.8) is 0 Å². The van der Waals surface area contributed by atoms with Gasteiger partial charge in [0.05, 0.1) is 41.2 Å². The second kappa shape index (κ2) is 12.8. The van der Waals surface area contributed by atoms with E-state index in [1.54, 1.807) is 41.4 Å². The third-order valence-corrected chi connectivity index (χ3v) is 8.48. The molecule has 0 fully saturated rings. The molecule has 10 nitrogen and oxygen atoms in total. The van der Waals surface area contributed by atoms with Crippen molar-refractivity contribution < 1.29 is 9.59 Å². The molecule has 0 spiro atoms. The van der Waals surface area contributed by atoms with Crippen molar-refractivity contribution in [3.8, 4) is 11.3 Å². The zero-order chi connectivity index (χ0) is 30.8. The number of hydrogen-bond donors (Lipinski definition) is 3. The number of anilines is 2. The Morgan fingerprint density at radius 1 is 1.21 bits per heavy atom. The van der Waals surface area contributed by atoms with Gasteiger partial charge < -0.3 is 16.0 Å². The first-order valence-corrected chi connectivity index (χ1v) is 15.1. The number of hydrogen-bond acceptors (Lipinski definition) is 7. The Balaban J connectivity index is 1.52. The van der Waals surface area contributed by atoms with Gasteiger partial charge in [-0.3, -0.25) is 24.3 Å². The van der Waals surface area contributed by atoms with Crippen LogP contribution in [0, 0.1) is 11.8 Å². The summed E-state index contributed by atoms with van der Waals surface area (Å²) in [4.78, 5) is 33.8. The Kier molecular flexibility index (Phi) is 9.10. The van der Waals surface area contributed by atoms with E-state index in [-0.39, 0.29) is 34.8 Å². The van der Waals surface area contributed by atoms with E-state index >= 15 is 0 Å². The molecule has 0 radical (unpaired) electrons. The Morgan fingerprint density at radius 2 is 2.00 bits per heavy atom. The summed E-state index contributed by atoms with van der Waals surface area (Å²) in [5.41, 5.74) is 10.9. The third kappa shape index (κ3) is 6.56. The highest BCUT2D eigenvalue weighted by Gasteiger charge is 2.32. The van der Waals surface area contributed by atoms with Gasteiger partial charge in [0.2, 0.25) is 11.8 Å². The van der Waals surface area contributed by atoms with Crippen molar-refractivity contribution >= 4 is 52.0 Å². The molecule has 0 aliphatic carbocycles. The summed E-state index contributed by atoms with van der Waals surface area (Å²) >= 11 is 12.2. The van der Waals surface area contributed by atoms with Gasteiger partial charge in [-0.2, -0.15) is 5.10 Å². The van der Waals surface area contributed by atoms with Crippen molar-refractivity contribution in [2.24, 2.45) is 30.5 Å². The molecule has 2 aliphatic heterocycles. The highest BCUT2D eigenvalue weighted by atomic mass is 35.5. The number of amides is 2. The number of carbonyl (C=O) groups is 2. The zero-order valence-corrected chi connectivity index (χ0v) is 25.9. The minimum Gasteiger partial charge on any atom is -0.388 e. The molecule has 5 N–H and O–H groups in total. The topological polar surface area (TPSA) is 135 Å². The molecular weight excluding hydrogens is 587 g/mol. The molecule has 0 saturated carbocycles.